The molecule has 0 N–H and O–H groups in total. The van der Waals surface area contributed by atoms with Crippen LogP contribution in [0.5, 0.6) is 0 Å². The predicted octanol–water partition coefficient (Wildman–Crippen LogP) is 2.43. The Bertz CT molecular complexity index is 319. The van der Waals surface area contributed by atoms with Crippen molar-refractivity contribution in [3.8, 4) is 0 Å². The molecule has 0 aromatic heterocycles. The molecule has 76 valence electrons. The molecule has 0 bridgehead atoms. The van der Waals surface area contributed by atoms with E-state index in [2.05, 4.69) is 0 Å². The normalized spacial score (nSPS) is 12.5. The second-order valence-corrected chi connectivity index (χ2v) is 3.01. The summed E-state index contributed by atoms with van der Waals surface area (Å²) in [5.41, 5.74) is 0.360. The van der Waals surface area contributed by atoms with E-state index in [0.717, 1.165) is 0 Å². The van der Waals surface area contributed by atoms with Gasteiger partial charge in [-0.2, -0.15) is 0 Å². The number of halogens is 1. The zero-order valence-electron chi connectivity index (χ0n) is 8.29. The van der Waals surface area contributed by atoms with Crippen molar-refractivity contribution < 1.29 is 13.9 Å². The molecule has 1 rings (SSSR count). The molecular formula is C11H13FO2. The summed E-state index contributed by atoms with van der Waals surface area (Å²) in [6, 6.07) is 5.65. The minimum Gasteiger partial charge on any atom is -0.373 e. The summed E-state index contributed by atoms with van der Waals surface area (Å²) in [5.74, 6) is -0.573. The van der Waals surface area contributed by atoms with Gasteiger partial charge >= 0.3 is 0 Å². The SMILES string of the molecule is CCC(OC)C(=O)c1cccc(F)c1. The van der Waals surface area contributed by atoms with Crippen molar-refractivity contribution in [2.24, 2.45) is 0 Å². The number of benzene rings is 1. The molecule has 0 aliphatic heterocycles. The molecule has 1 unspecified atom stereocenters. The van der Waals surface area contributed by atoms with Crippen LogP contribution in [0.4, 0.5) is 4.39 Å². The third-order valence-corrected chi connectivity index (χ3v) is 2.06. The molecule has 14 heavy (non-hydrogen) atoms. The molecule has 2 nitrogen and oxygen atoms in total. The van der Waals surface area contributed by atoms with E-state index >= 15 is 0 Å². The van der Waals surface area contributed by atoms with Gasteiger partial charge in [0.2, 0.25) is 0 Å². The first kappa shape index (κ1) is 10.9. The lowest BCUT2D eigenvalue weighted by atomic mass is 10.0. The van der Waals surface area contributed by atoms with Gasteiger partial charge in [0.15, 0.2) is 5.78 Å². The zero-order valence-corrected chi connectivity index (χ0v) is 8.29. The number of carbonyl (C=O) groups is 1. The predicted molar refractivity (Wildman–Crippen MR) is 51.8 cm³/mol. The van der Waals surface area contributed by atoms with Crippen molar-refractivity contribution in [2.75, 3.05) is 7.11 Å². The molecule has 0 saturated carbocycles. The fraction of sp³-hybridized carbons (Fsp3) is 0.364. The average molecular weight is 196 g/mol. The summed E-state index contributed by atoms with van der Waals surface area (Å²) >= 11 is 0. The van der Waals surface area contributed by atoms with Crippen molar-refractivity contribution in [3.05, 3.63) is 35.6 Å². The van der Waals surface area contributed by atoms with E-state index in [-0.39, 0.29) is 5.78 Å². The van der Waals surface area contributed by atoms with Crippen molar-refractivity contribution in [3.63, 3.8) is 0 Å². The van der Waals surface area contributed by atoms with Gasteiger partial charge in [0, 0.05) is 12.7 Å². The Hall–Kier alpha value is -1.22. The lowest BCUT2D eigenvalue weighted by Crippen LogP contribution is -2.22. The highest BCUT2D eigenvalue weighted by Crippen LogP contribution is 2.10. The highest BCUT2D eigenvalue weighted by atomic mass is 19.1. The van der Waals surface area contributed by atoms with Crippen LogP contribution in [0.15, 0.2) is 24.3 Å². The smallest absolute Gasteiger partial charge is 0.191 e. The van der Waals surface area contributed by atoms with Gasteiger partial charge in [-0.15, -0.1) is 0 Å². The zero-order chi connectivity index (χ0) is 10.6. The van der Waals surface area contributed by atoms with Crippen LogP contribution in [0, 0.1) is 5.82 Å². The van der Waals surface area contributed by atoms with Gasteiger partial charge in [-0.05, 0) is 18.6 Å². The first-order chi connectivity index (χ1) is 6.69. The maximum absolute atomic E-state index is 12.8. The third-order valence-electron chi connectivity index (χ3n) is 2.06. The Kier molecular flexibility index (Phi) is 3.77. The van der Waals surface area contributed by atoms with Gasteiger partial charge in [0.1, 0.15) is 11.9 Å². The summed E-state index contributed by atoms with van der Waals surface area (Å²) in [6.07, 6.45) is 0.114. The average Bonchev–Trinajstić information content (AvgIpc) is 2.19. The summed E-state index contributed by atoms with van der Waals surface area (Å²) in [7, 11) is 1.48. The van der Waals surface area contributed by atoms with Crippen molar-refractivity contribution in [2.45, 2.75) is 19.4 Å². The summed E-state index contributed by atoms with van der Waals surface area (Å²) in [4.78, 5) is 11.7. The molecule has 0 amide bonds. The maximum Gasteiger partial charge on any atom is 0.191 e. The van der Waals surface area contributed by atoms with E-state index in [0.29, 0.717) is 12.0 Å². The lowest BCUT2D eigenvalue weighted by Gasteiger charge is -2.11. The Balaban J connectivity index is 2.88. The third kappa shape index (κ3) is 2.39. The number of ether oxygens (including phenoxy) is 1. The summed E-state index contributed by atoms with van der Waals surface area (Å²) < 4.78 is 17.8. The number of ketones is 1. The second kappa shape index (κ2) is 4.86. The maximum atomic E-state index is 12.8. The van der Waals surface area contributed by atoms with Crippen LogP contribution in [-0.2, 0) is 4.74 Å². The number of hydrogen-bond acceptors (Lipinski definition) is 2. The number of hydrogen-bond donors (Lipinski definition) is 0. The number of carbonyl (C=O) groups excluding carboxylic acids is 1. The van der Waals surface area contributed by atoms with Gasteiger partial charge in [-0.1, -0.05) is 19.1 Å². The topological polar surface area (TPSA) is 26.3 Å². The number of Topliss-reactive ketones (excluding diaryl/α,β-unsaturated/α-hetero) is 1. The molecule has 0 aliphatic rings. The number of rotatable bonds is 4. The Morgan fingerprint density at radius 1 is 1.57 bits per heavy atom. The highest BCUT2D eigenvalue weighted by Gasteiger charge is 2.17. The van der Waals surface area contributed by atoms with E-state index in [1.54, 1.807) is 6.07 Å². The van der Waals surface area contributed by atoms with Crippen LogP contribution in [0.25, 0.3) is 0 Å². The van der Waals surface area contributed by atoms with Crippen LogP contribution in [0.2, 0.25) is 0 Å². The lowest BCUT2D eigenvalue weighted by molar-refractivity contribution is 0.0595. The Morgan fingerprint density at radius 2 is 2.29 bits per heavy atom. The van der Waals surface area contributed by atoms with E-state index < -0.39 is 11.9 Å². The molecule has 0 fully saturated rings. The van der Waals surface area contributed by atoms with E-state index in [1.165, 1.54) is 25.3 Å². The fourth-order valence-electron chi connectivity index (χ4n) is 1.29. The molecular weight excluding hydrogens is 183 g/mol. The molecule has 0 heterocycles. The monoisotopic (exact) mass is 196 g/mol. The van der Waals surface area contributed by atoms with Gasteiger partial charge in [0.25, 0.3) is 0 Å². The van der Waals surface area contributed by atoms with Crippen LogP contribution >= 0.6 is 0 Å². The first-order valence-electron chi connectivity index (χ1n) is 4.51. The molecule has 1 atom stereocenters. The summed E-state index contributed by atoms with van der Waals surface area (Å²) in [5, 5.41) is 0. The van der Waals surface area contributed by atoms with Crippen molar-refractivity contribution >= 4 is 5.78 Å². The molecule has 0 spiro atoms. The van der Waals surface area contributed by atoms with Gasteiger partial charge in [-0.3, -0.25) is 4.79 Å². The summed E-state index contributed by atoms with van der Waals surface area (Å²) in [6.45, 7) is 1.85. The van der Waals surface area contributed by atoms with Crippen LogP contribution < -0.4 is 0 Å². The van der Waals surface area contributed by atoms with Crippen LogP contribution in [-0.4, -0.2) is 19.0 Å². The fourth-order valence-corrected chi connectivity index (χ4v) is 1.29. The largest absolute Gasteiger partial charge is 0.373 e. The van der Waals surface area contributed by atoms with Gasteiger partial charge < -0.3 is 4.74 Å². The molecule has 1 aromatic carbocycles. The first-order valence-corrected chi connectivity index (χ1v) is 4.51. The highest BCUT2D eigenvalue weighted by molar-refractivity contribution is 5.99. The van der Waals surface area contributed by atoms with Gasteiger partial charge in [0.05, 0.1) is 0 Å². The van der Waals surface area contributed by atoms with Crippen LogP contribution in [0.1, 0.15) is 23.7 Å². The number of methoxy groups -OCH3 is 1. The minimum atomic E-state index is -0.475. The van der Waals surface area contributed by atoms with E-state index in [4.69, 9.17) is 4.74 Å². The molecule has 0 radical (unpaired) electrons. The van der Waals surface area contributed by atoms with Gasteiger partial charge in [-0.25, -0.2) is 4.39 Å². The van der Waals surface area contributed by atoms with Crippen molar-refractivity contribution in [1.29, 1.82) is 0 Å². The molecule has 0 aliphatic carbocycles. The van der Waals surface area contributed by atoms with E-state index in [9.17, 15) is 9.18 Å². The standard InChI is InChI=1S/C11H13FO2/c1-3-10(14-2)11(13)8-5-4-6-9(12)7-8/h4-7,10H,3H2,1-2H3. The molecule has 1 aromatic rings. The van der Waals surface area contributed by atoms with Crippen molar-refractivity contribution in [1.82, 2.24) is 0 Å². The second-order valence-electron chi connectivity index (χ2n) is 3.01. The quantitative estimate of drug-likeness (QED) is 0.691. The Labute approximate surface area is 82.7 Å². The molecule has 3 heteroatoms. The minimum absolute atomic E-state index is 0.172. The van der Waals surface area contributed by atoms with E-state index in [1.807, 2.05) is 6.92 Å². The van der Waals surface area contributed by atoms with Crippen LogP contribution in [0.3, 0.4) is 0 Å². The Morgan fingerprint density at radius 3 is 2.79 bits per heavy atom. The molecule has 0 saturated heterocycles.